The minimum atomic E-state index is -3.88. The number of nitrogens with zero attached hydrogens (tertiary/aromatic N) is 1. The van der Waals surface area contributed by atoms with E-state index in [4.69, 9.17) is 25.8 Å². The van der Waals surface area contributed by atoms with Gasteiger partial charge >= 0.3 is 0 Å². The van der Waals surface area contributed by atoms with Crippen molar-refractivity contribution in [3.8, 4) is 5.75 Å². The van der Waals surface area contributed by atoms with Gasteiger partial charge in [-0.3, -0.25) is 4.79 Å². The van der Waals surface area contributed by atoms with Crippen molar-refractivity contribution in [3.63, 3.8) is 0 Å². The van der Waals surface area contributed by atoms with Crippen LogP contribution in [0.1, 0.15) is 80.3 Å². The monoisotopic (exact) mass is 644 g/mol. The number of halogens is 1. The lowest BCUT2D eigenvalue weighted by molar-refractivity contribution is -0.123. The number of anilines is 1. The standard InChI is InChI=1S/C34H45ClN2O6S/c1-22-6-5-8-30(34-41-16-17-42-34)29-13-10-26(29)20-37-15-4-3-7-24-18-28(35)12-9-27(24)21-43-32-14-11-25(19-31(32)37)33(38)36-44(39,40)23(22)2/h9,11-12,14,18-19,22-23,26,29-30,34H,3-8,10,13,15-17,20-21H2,1-2H3,(H,36,38)/t22-,23+,26-,29+,30-/m0/s1. The van der Waals surface area contributed by atoms with E-state index in [0.29, 0.717) is 43.0 Å². The Morgan fingerprint density at radius 1 is 0.909 bits per heavy atom. The Morgan fingerprint density at radius 3 is 2.50 bits per heavy atom. The summed E-state index contributed by atoms with van der Waals surface area (Å²) in [5, 5.41) is 0.0155. The highest BCUT2D eigenvalue weighted by atomic mass is 35.5. The van der Waals surface area contributed by atoms with Crippen LogP contribution in [0.5, 0.6) is 5.75 Å². The fourth-order valence-electron chi connectivity index (χ4n) is 7.42. The van der Waals surface area contributed by atoms with Crippen LogP contribution in [0.3, 0.4) is 0 Å². The number of benzene rings is 2. The van der Waals surface area contributed by atoms with E-state index in [-0.39, 0.29) is 18.1 Å². The molecule has 1 saturated heterocycles. The Labute approximate surface area is 266 Å². The summed E-state index contributed by atoms with van der Waals surface area (Å²) in [4.78, 5) is 15.8. The van der Waals surface area contributed by atoms with E-state index in [9.17, 15) is 13.2 Å². The normalized spacial score (nSPS) is 30.1. The second kappa shape index (κ2) is 13.6. The number of rotatable bonds is 1. The fraction of sp³-hybridized carbons (Fsp3) is 0.618. The van der Waals surface area contributed by atoms with Gasteiger partial charge in [-0.25, -0.2) is 13.1 Å². The number of hydrogen-bond donors (Lipinski definition) is 1. The molecule has 1 aliphatic carbocycles. The molecule has 1 saturated carbocycles. The Kier molecular flexibility index (Phi) is 9.76. The zero-order valence-electron chi connectivity index (χ0n) is 25.8. The minimum Gasteiger partial charge on any atom is -0.487 e. The van der Waals surface area contributed by atoms with Gasteiger partial charge in [-0.15, -0.1) is 0 Å². The first-order valence-electron chi connectivity index (χ1n) is 16.3. The van der Waals surface area contributed by atoms with Crippen molar-refractivity contribution in [3.05, 3.63) is 58.1 Å². The molecule has 8 nitrogen and oxygen atoms in total. The van der Waals surface area contributed by atoms with E-state index in [0.717, 1.165) is 80.7 Å². The van der Waals surface area contributed by atoms with Gasteiger partial charge < -0.3 is 19.1 Å². The highest BCUT2D eigenvalue weighted by molar-refractivity contribution is 7.90. The first-order chi connectivity index (χ1) is 21.2. The van der Waals surface area contributed by atoms with E-state index >= 15 is 0 Å². The van der Waals surface area contributed by atoms with E-state index in [1.165, 1.54) is 5.56 Å². The maximum atomic E-state index is 13.4. The summed E-state index contributed by atoms with van der Waals surface area (Å²) in [7, 11) is -3.88. The quantitative estimate of drug-likeness (QED) is 0.387. The maximum Gasteiger partial charge on any atom is 0.264 e. The summed E-state index contributed by atoms with van der Waals surface area (Å²) < 4.78 is 47.7. The lowest BCUT2D eigenvalue weighted by atomic mass is 9.65. The zero-order chi connectivity index (χ0) is 30.8. The first kappa shape index (κ1) is 31.6. The van der Waals surface area contributed by atoms with Gasteiger partial charge in [0.15, 0.2) is 6.29 Å². The fourth-order valence-corrected chi connectivity index (χ4v) is 8.93. The van der Waals surface area contributed by atoms with Crippen LogP contribution in [0.2, 0.25) is 5.02 Å². The lowest BCUT2D eigenvalue weighted by Crippen LogP contribution is -2.45. The average Bonchev–Trinajstić information content (AvgIpc) is 3.52. The molecule has 3 aliphatic heterocycles. The Morgan fingerprint density at radius 2 is 1.73 bits per heavy atom. The number of aryl methyl sites for hydroxylation is 1. The minimum absolute atomic E-state index is 0.106. The predicted octanol–water partition coefficient (Wildman–Crippen LogP) is 6.35. The molecule has 4 aliphatic rings. The summed E-state index contributed by atoms with van der Waals surface area (Å²) in [5.74, 6) is 1.17. The van der Waals surface area contributed by atoms with E-state index in [1.54, 1.807) is 13.0 Å². The number of fused-ring (bicyclic) bond motifs is 3. The Balaban J connectivity index is 1.37. The molecule has 44 heavy (non-hydrogen) atoms. The van der Waals surface area contributed by atoms with E-state index in [2.05, 4.69) is 9.62 Å². The van der Waals surface area contributed by atoms with Gasteiger partial charge in [-0.1, -0.05) is 31.0 Å². The number of nitrogens with one attached hydrogen (secondary N) is 1. The number of amides is 1. The van der Waals surface area contributed by atoms with Gasteiger partial charge in [0.25, 0.3) is 5.91 Å². The van der Waals surface area contributed by atoms with Gasteiger partial charge in [0.2, 0.25) is 10.0 Å². The third kappa shape index (κ3) is 6.91. The van der Waals surface area contributed by atoms with Gasteiger partial charge in [0.1, 0.15) is 12.4 Å². The van der Waals surface area contributed by atoms with Crippen LogP contribution < -0.4 is 14.4 Å². The SMILES string of the molecule is C[C@@H]1[C@@H](C)CCC[C@H](C2OCCO2)[C@@H]2CC[C@H]2CN2CCCCc3cc(Cl)ccc3COc3ccc(cc32)C(=O)NS1(=O)=O. The summed E-state index contributed by atoms with van der Waals surface area (Å²) in [6.07, 6.45) is 7.51. The molecule has 1 amide bonds. The van der Waals surface area contributed by atoms with Crippen LogP contribution in [0.25, 0.3) is 0 Å². The van der Waals surface area contributed by atoms with Crippen molar-refractivity contribution in [2.75, 3.05) is 31.2 Å². The molecule has 0 unspecified atom stereocenters. The van der Waals surface area contributed by atoms with E-state index < -0.39 is 21.2 Å². The molecule has 6 rings (SSSR count). The van der Waals surface area contributed by atoms with Gasteiger partial charge in [-0.2, -0.15) is 0 Å². The largest absolute Gasteiger partial charge is 0.487 e. The van der Waals surface area contributed by atoms with Crippen LogP contribution in [0, 0.1) is 23.7 Å². The Hall–Kier alpha value is -2.33. The summed E-state index contributed by atoms with van der Waals surface area (Å²) >= 11 is 6.35. The molecular weight excluding hydrogens is 600 g/mol. The predicted molar refractivity (Wildman–Crippen MR) is 172 cm³/mol. The van der Waals surface area contributed by atoms with Crippen molar-refractivity contribution in [1.29, 1.82) is 0 Å². The molecule has 3 heterocycles. The molecule has 5 atom stereocenters. The molecule has 2 aromatic carbocycles. The second-order valence-electron chi connectivity index (χ2n) is 13.2. The Bertz CT molecular complexity index is 1450. The number of carbonyl (C=O) groups is 1. The molecule has 0 radical (unpaired) electrons. The van der Waals surface area contributed by atoms with Gasteiger partial charge in [0.05, 0.1) is 24.2 Å². The topological polar surface area (TPSA) is 94.2 Å². The van der Waals surface area contributed by atoms with E-state index in [1.807, 2.05) is 37.3 Å². The average molecular weight is 645 g/mol. The van der Waals surface area contributed by atoms with Crippen molar-refractivity contribution >= 4 is 33.2 Å². The molecule has 1 N–H and O–H groups in total. The lowest BCUT2D eigenvalue weighted by Gasteiger charge is -2.46. The van der Waals surface area contributed by atoms with Crippen molar-refractivity contribution in [1.82, 2.24) is 4.72 Å². The van der Waals surface area contributed by atoms with Gasteiger partial charge in [0, 0.05) is 29.6 Å². The molecule has 2 aromatic rings. The highest BCUT2D eigenvalue weighted by Gasteiger charge is 2.43. The van der Waals surface area contributed by atoms with Crippen LogP contribution >= 0.6 is 11.6 Å². The van der Waals surface area contributed by atoms with Crippen LogP contribution in [0.15, 0.2) is 36.4 Å². The maximum absolute atomic E-state index is 13.4. The van der Waals surface area contributed by atoms with Crippen molar-refractivity contribution in [2.24, 2.45) is 23.7 Å². The second-order valence-corrected chi connectivity index (χ2v) is 15.6. The summed E-state index contributed by atoms with van der Waals surface area (Å²) in [5.41, 5.74) is 3.43. The number of hydrogen-bond acceptors (Lipinski definition) is 7. The number of sulfonamides is 1. The zero-order valence-corrected chi connectivity index (χ0v) is 27.4. The summed E-state index contributed by atoms with van der Waals surface area (Å²) in [6, 6.07) is 11.2. The summed E-state index contributed by atoms with van der Waals surface area (Å²) in [6.45, 7) is 6.92. The third-order valence-electron chi connectivity index (χ3n) is 10.4. The molecular formula is C34H45ClN2O6S. The molecule has 2 fully saturated rings. The van der Waals surface area contributed by atoms with Gasteiger partial charge in [-0.05, 0) is 111 Å². The molecule has 10 heteroatoms. The first-order valence-corrected chi connectivity index (χ1v) is 18.2. The molecule has 0 aromatic heterocycles. The number of ether oxygens (including phenoxy) is 3. The highest BCUT2D eigenvalue weighted by Crippen LogP contribution is 2.46. The molecule has 0 spiro atoms. The van der Waals surface area contributed by atoms with Crippen LogP contribution in [-0.4, -0.2) is 52.2 Å². The van der Waals surface area contributed by atoms with Crippen molar-refractivity contribution in [2.45, 2.75) is 83.4 Å². The van der Waals surface area contributed by atoms with Crippen LogP contribution in [0.4, 0.5) is 5.69 Å². The smallest absolute Gasteiger partial charge is 0.264 e. The third-order valence-corrected chi connectivity index (χ3v) is 12.6. The van der Waals surface area contributed by atoms with Crippen LogP contribution in [-0.2, 0) is 32.5 Å². The van der Waals surface area contributed by atoms with Crippen molar-refractivity contribution < 1.29 is 27.4 Å². The number of carbonyl (C=O) groups excluding carboxylic acids is 1. The molecule has 240 valence electrons. The molecule has 2 bridgehead atoms.